The van der Waals surface area contributed by atoms with E-state index in [2.05, 4.69) is 23.8 Å². The van der Waals surface area contributed by atoms with Gasteiger partial charge in [-0.25, -0.2) is 14.4 Å². The Balaban J connectivity index is 1.43. The normalized spacial score (nSPS) is 11.9. The van der Waals surface area contributed by atoms with Gasteiger partial charge < -0.3 is 9.47 Å². The number of hydrogen-bond acceptors (Lipinski definition) is 4. The van der Waals surface area contributed by atoms with Gasteiger partial charge in [-0.05, 0) is 54.8 Å². The second-order valence-corrected chi connectivity index (χ2v) is 9.72. The van der Waals surface area contributed by atoms with E-state index in [1.54, 1.807) is 0 Å². The van der Waals surface area contributed by atoms with Crippen LogP contribution in [0.3, 0.4) is 0 Å². The summed E-state index contributed by atoms with van der Waals surface area (Å²) in [6, 6.07) is 15.6. The summed E-state index contributed by atoms with van der Waals surface area (Å²) < 4.78 is 25.4. The predicted octanol–water partition coefficient (Wildman–Crippen LogP) is 9.24. The van der Waals surface area contributed by atoms with Crippen molar-refractivity contribution in [2.75, 3.05) is 13.2 Å². The van der Waals surface area contributed by atoms with Crippen molar-refractivity contribution in [2.45, 2.75) is 90.6 Å². The highest BCUT2D eigenvalue weighted by Crippen LogP contribution is 2.24. The van der Waals surface area contributed by atoms with Crippen molar-refractivity contribution in [3.8, 4) is 34.0 Å². The Bertz CT molecular complexity index is 991. The average molecular weight is 507 g/mol. The minimum atomic E-state index is -0.919. The molecule has 1 heterocycles. The highest BCUT2D eigenvalue weighted by molar-refractivity contribution is 5.64. The topological polar surface area (TPSA) is 44.2 Å². The van der Waals surface area contributed by atoms with Gasteiger partial charge in [0.15, 0.2) is 5.82 Å². The molecule has 3 rings (SSSR count). The lowest BCUT2D eigenvalue weighted by Gasteiger charge is -2.11. The Morgan fingerprint density at radius 1 is 0.622 bits per heavy atom. The molecule has 200 valence electrons. The van der Waals surface area contributed by atoms with Crippen LogP contribution in [0.5, 0.6) is 11.5 Å². The Morgan fingerprint density at radius 3 is 1.81 bits per heavy atom. The van der Waals surface area contributed by atoms with Crippen LogP contribution in [0.4, 0.5) is 4.39 Å². The van der Waals surface area contributed by atoms with E-state index in [0.717, 1.165) is 54.7 Å². The molecular weight excluding hydrogens is 463 g/mol. The van der Waals surface area contributed by atoms with Crippen molar-refractivity contribution in [3.63, 3.8) is 0 Å². The first-order valence-electron chi connectivity index (χ1n) is 14.1. The van der Waals surface area contributed by atoms with Crippen molar-refractivity contribution in [1.29, 1.82) is 0 Å². The Hall–Kier alpha value is -2.95. The molecule has 0 bridgehead atoms. The van der Waals surface area contributed by atoms with E-state index >= 15 is 0 Å². The third-order valence-corrected chi connectivity index (χ3v) is 6.52. The molecule has 1 unspecified atom stereocenters. The fourth-order valence-corrected chi connectivity index (χ4v) is 4.21. The van der Waals surface area contributed by atoms with E-state index in [1.165, 1.54) is 38.5 Å². The summed E-state index contributed by atoms with van der Waals surface area (Å²) in [5.41, 5.74) is 2.87. The van der Waals surface area contributed by atoms with Gasteiger partial charge in [0.1, 0.15) is 24.3 Å². The fraction of sp³-hybridized carbons (Fsp3) is 0.500. The summed E-state index contributed by atoms with van der Waals surface area (Å²) in [7, 11) is 0. The van der Waals surface area contributed by atoms with Gasteiger partial charge in [-0.3, -0.25) is 0 Å². The summed E-state index contributed by atoms with van der Waals surface area (Å²) in [5, 5.41) is 0. The van der Waals surface area contributed by atoms with Gasteiger partial charge in [0, 0.05) is 23.5 Å². The molecule has 0 fully saturated rings. The maximum Gasteiger partial charge on any atom is 0.159 e. The quantitative estimate of drug-likeness (QED) is 0.161. The maximum absolute atomic E-state index is 13.9. The summed E-state index contributed by atoms with van der Waals surface area (Å²) >= 11 is 0. The van der Waals surface area contributed by atoms with Gasteiger partial charge >= 0.3 is 0 Å². The number of hydrogen-bond donors (Lipinski definition) is 0. The second-order valence-electron chi connectivity index (χ2n) is 9.72. The van der Waals surface area contributed by atoms with Crippen LogP contribution in [-0.4, -0.2) is 29.4 Å². The molecule has 0 spiro atoms. The number of benzene rings is 2. The number of alkyl halides is 1. The van der Waals surface area contributed by atoms with E-state index < -0.39 is 6.17 Å². The summed E-state index contributed by atoms with van der Waals surface area (Å²) in [6.07, 6.45) is 15.3. The van der Waals surface area contributed by atoms with Crippen molar-refractivity contribution < 1.29 is 13.9 Å². The van der Waals surface area contributed by atoms with Crippen LogP contribution in [0.2, 0.25) is 0 Å². The molecule has 0 aliphatic rings. The largest absolute Gasteiger partial charge is 0.494 e. The average Bonchev–Trinajstić information content (AvgIpc) is 2.94. The van der Waals surface area contributed by atoms with Crippen LogP contribution < -0.4 is 9.47 Å². The Morgan fingerprint density at radius 2 is 1.16 bits per heavy atom. The van der Waals surface area contributed by atoms with Gasteiger partial charge in [0.05, 0.1) is 6.61 Å². The van der Waals surface area contributed by atoms with Crippen molar-refractivity contribution in [3.05, 3.63) is 60.9 Å². The van der Waals surface area contributed by atoms with Gasteiger partial charge in [-0.1, -0.05) is 83.8 Å². The third-order valence-electron chi connectivity index (χ3n) is 6.52. The maximum atomic E-state index is 13.9. The van der Waals surface area contributed by atoms with E-state index in [-0.39, 0.29) is 6.61 Å². The molecule has 0 saturated heterocycles. The standard InChI is InChI=1S/C32H43FN2O2/c1-3-5-7-8-9-10-12-22-36-30-20-16-27(17-21-30)32-34-23-28(24-35-32)26-14-18-31(19-15-26)37-25-29(33)13-11-6-4-2/h14-21,23-24,29H,3-13,22,25H2,1-2H3. The highest BCUT2D eigenvalue weighted by Gasteiger charge is 2.08. The molecule has 0 N–H and O–H groups in total. The first-order chi connectivity index (χ1) is 18.2. The van der Waals surface area contributed by atoms with Crippen LogP contribution in [-0.2, 0) is 0 Å². The predicted molar refractivity (Wildman–Crippen MR) is 151 cm³/mol. The Kier molecular flexibility index (Phi) is 12.9. The van der Waals surface area contributed by atoms with Crippen LogP contribution >= 0.6 is 0 Å². The van der Waals surface area contributed by atoms with Crippen molar-refractivity contribution in [1.82, 2.24) is 9.97 Å². The minimum Gasteiger partial charge on any atom is -0.494 e. The van der Waals surface area contributed by atoms with Gasteiger partial charge in [-0.2, -0.15) is 0 Å². The lowest BCUT2D eigenvalue weighted by molar-refractivity contribution is 0.184. The number of rotatable bonds is 18. The van der Waals surface area contributed by atoms with E-state index in [0.29, 0.717) is 18.0 Å². The van der Waals surface area contributed by atoms with Gasteiger partial charge in [-0.15, -0.1) is 0 Å². The molecule has 37 heavy (non-hydrogen) atoms. The lowest BCUT2D eigenvalue weighted by Crippen LogP contribution is -2.12. The number of ether oxygens (including phenoxy) is 2. The zero-order chi connectivity index (χ0) is 26.1. The molecule has 0 aliphatic carbocycles. The van der Waals surface area contributed by atoms with Crippen LogP contribution in [0.1, 0.15) is 84.5 Å². The van der Waals surface area contributed by atoms with Crippen LogP contribution in [0.25, 0.3) is 22.5 Å². The summed E-state index contributed by atoms with van der Waals surface area (Å²) in [6.45, 7) is 5.23. The SMILES string of the molecule is CCCCCCCCCOc1ccc(-c2ncc(-c3ccc(OCC(F)CCCCC)cc3)cn2)cc1. The van der Waals surface area contributed by atoms with Crippen LogP contribution in [0, 0.1) is 0 Å². The molecule has 3 aromatic rings. The summed E-state index contributed by atoms with van der Waals surface area (Å²) in [4.78, 5) is 9.11. The fourth-order valence-electron chi connectivity index (χ4n) is 4.21. The van der Waals surface area contributed by atoms with E-state index in [9.17, 15) is 4.39 Å². The number of halogens is 1. The second kappa shape index (κ2) is 16.7. The monoisotopic (exact) mass is 506 g/mol. The zero-order valence-corrected chi connectivity index (χ0v) is 22.6. The number of aromatic nitrogens is 2. The van der Waals surface area contributed by atoms with Gasteiger partial charge in [0.25, 0.3) is 0 Å². The first kappa shape index (κ1) is 28.6. The molecule has 0 aliphatic heterocycles. The zero-order valence-electron chi connectivity index (χ0n) is 22.6. The minimum absolute atomic E-state index is 0.101. The molecule has 2 aromatic carbocycles. The van der Waals surface area contributed by atoms with Crippen LogP contribution in [0.15, 0.2) is 60.9 Å². The molecule has 4 nitrogen and oxygen atoms in total. The smallest absolute Gasteiger partial charge is 0.159 e. The first-order valence-corrected chi connectivity index (χ1v) is 14.1. The van der Waals surface area contributed by atoms with Crippen molar-refractivity contribution in [2.24, 2.45) is 0 Å². The van der Waals surface area contributed by atoms with E-state index in [1.807, 2.05) is 60.9 Å². The Labute approximate surface area is 222 Å². The molecule has 1 aromatic heterocycles. The number of unbranched alkanes of at least 4 members (excludes halogenated alkanes) is 8. The van der Waals surface area contributed by atoms with Gasteiger partial charge in [0.2, 0.25) is 0 Å². The molecule has 0 amide bonds. The highest BCUT2D eigenvalue weighted by atomic mass is 19.1. The molecule has 0 radical (unpaired) electrons. The molecule has 1 atom stereocenters. The lowest BCUT2D eigenvalue weighted by atomic mass is 10.1. The number of nitrogens with zero attached hydrogens (tertiary/aromatic N) is 2. The summed E-state index contributed by atoms with van der Waals surface area (Å²) in [5.74, 6) is 2.24. The molecule has 0 saturated carbocycles. The molecular formula is C32H43FN2O2. The molecule has 5 heteroatoms. The van der Waals surface area contributed by atoms with Crippen molar-refractivity contribution >= 4 is 0 Å². The third kappa shape index (κ3) is 10.5. The van der Waals surface area contributed by atoms with E-state index in [4.69, 9.17) is 9.47 Å².